The highest BCUT2D eigenvalue weighted by Crippen LogP contribution is 2.40. The first-order valence-electron chi connectivity index (χ1n) is 5.70. The van der Waals surface area contributed by atoms with Gasteiger partial charge in [-0.3, -0.25) is 0 Å². The van der Waals surface area contributed by atoms with Crippen LogP contribution in [0.2, 0.25) is 0 Å². The summed E-state index contributed by atoms with van der Waals surface area (Å²) in [6, 6.07) is 3.78. The molecule has 0 saturated heterocycles. The Bertz CT molecular complexity index is 378. The predicted octanol–water partition coefficient (Wildman–Crippen LogP) is 3.30. The van der Waals surface area contributed by atoms with E-state index in [1.807, 2.05) is 12.1 Å². The molecule has 0 saturated carbocycles. The second-order valence-electron chi connectivity index (χ2n) is 5.22. The Balaban J connectivity index is 3.30. The monoisotopic (exact) mass is 238 g/mol. The predicted molar refractivity (Wildman–Crippen MR) is 69.3 cm³/mol. The normalized spacial score (nSPS) is 11.2. The third kappa shape index (κ3) is 3.29. The summed E-state index contributed by atoms with van der Waals surface area (Å²) in [4.78, 5) is 0. The van der Waals surface area contributed by atoms with Crippen LogP contribution in [-0.4, -0.2) is 21.3 Å². The van der Waals surface area contributed by atoms with Crippen LogP contribution >= 0.6 is 0 Å². The van der Waals surface area contributed by atoms with Gasteiger partial charge in [-0.25, -0.2) is 0 Å². The van der Waals surface area contributed by atoms with Crippen molar-refractivity contribution in [3.8, 4) is 17.2 Å². The lowest BCUT2D eigenvalue weighted by molar-refractivity contribution is 0.330. The largest absolute Gasteiger partial charge is 0.496 e. The summed E-state index contributed by atoms with van der Waals surface area (Å²) in [7, 11) is 4.97. The SMILES string of the molecule is COc1ccc(OC)c(OC)c1CC(C)(C)C. The summed E-state index contributed by atoms with van der Waals surface area (Å²) in [6.45, 7) is 6.56. The number of hydrogen-bond donors (Lipinski definition) is 0. The van der Waals surface area contributed by atoms with Crippen LogP contribution in [-0.2, 0) is 6.42 Å². The maximum atomic E-state index is 5.45. The molecule has 0 bridgehead atoms. The van der Waals surface area contributed by atoms with Crippen molar-refractivity contribution in [2.24, 2.45) is 5.41 Å². The van der Waals surface area contributed by atoms with Gasteiger partial charge < -0.3 is 14.2 Å². The van der Waals surface area contributed by atoms with Gasteiger partial charge in [0, 0.05) is 5.56 Å². The molecule has 0 radical (unpaired) electrons. The zero-order valence-corrected chi connectivity index (χ0v) is 11.6. The topological polar surface area (TPSA) is 27.7 Å². The van der Waals surface area contributed by atoms with Crippen LogP contribution < -0.4 is 14.2 Å². The van der Waals surface area contributed by atoms with E-state index in [9.17, 15) is 0 Å². The van der Waals surface area contributed by atoms with Gasteiger partial charge in [0.15, 0.2) is 11.5 Å². The summed E-state index contributed by atoms with van der Waals surface area (Å²) in [5.74, 6) is 2.35. The maximum Gasteiger partial charge on any atom is 0.167 e. The molecule has 0 aromatic heterocycles. The molecular weight excluding hydrogens is 216 g/mol. The quantitative estimate of drug-likeness (QED) is 0.805. The van der Waals surface area contributed by atoms with Gasteiger partial charge in [-0.2, -0.15) is 0 Å². The molecule has 0 spiro atoms. The highest BCUT2D eigenvalue weighted by atomic mass is 16.5. The van der Waals surface area contributed by atoms with Gasteiger partial charge in [0.1, 0.15) is 5.75 Å². The van der Waals surface area contributed by atoms with Crippen LogP contribution in [0.4, 0.5) is 0 Å². The molecule has 0 amide bonds. The van der Waals surface area contributed by atoms with Crippen molar-refractivity contribution in [3.05, 3.63) is 17.7 Å². The van der Waals surface area contributed by atoms with Crippen molar-refractivity contribution in [1.29, 1.82) is 0 Å². The first kappa shape index (κ1) is 13.7. The van der Waals surface area contributed by atoms with Crippen LogP contribution in [0.3, 0.4) is 0 Å². The van der Waals surface area contributed by atoms with Crippen molar-refractivity contribution in [2.45, 2.75) is 27.2 Å². The average molecular weight is 238 g/mol. The molecule has 0 N–H and O–H groups in total. The Labute approximate surface area is 104 Å². The lowest BCUT2D eigenvalue weighted by atomic mass is 9.87. The molecule has 0 aliphatic carbocycles. The number of hydrogen-bond acceptors (Lipinski definition) is 3. The standard InChI is InChI=1S/C14H22O3/c1-14(2,3)9-10-11(15-4)7-8-12(16-5)13(10)17-6/h7-8H,9H2,1-6H3. The fraction of sp³-hybridized carbons (Fsp3) is 0.571. The molecule has 3 heteroatoms. The van der Waals surface area contributed by atoms with E-state index in [1.165, 1.54) is 0 Å². The van der Waals surface area contributed by atoms with E-state index >= 15 is 0 Å². The summed E-state index contributed by atoms with van der Waals surface area (Å²) in [5.41, 5.74) is 1.22. The molecular formula is C14H22O3. The van der Waals surface area contributed by atoms with Gasteiger partial charge in [-0.15, -0.1) is 0 Å². The minimum Gasteiger partial charge on any atom is -0.496 e. The second kappa shape index (κ2) is 5.30. The Kier molecular flexibility index (Phi) is 4.27. The van der Waals surface area contributed by atoms with Crippen LogP contribution in [0, 0.1) is 5.41 Å². The van der Waals surface area contributed by atoms with E-state index in [4.69, 9.17) is 14.2 Å². The van der Waals surface area contributed by atoms with Crippen molar-refractivity contribution in [2.75, 3.05) is 21.3 Å². The van der Waals surface area contributed by atoms with Gasteiger partial charge in [-0.05, 0) is 24.0 Å². The summed E-state index contributed by atoms with van der Waals surface area (Å²) >= 11 is 0. The van der Waals surface area contributed by atoms with Crippen LogP contribution in [0.5, 0.6) is 17.2 Å². The minimum absolute atomic E-state index is 0.160. The van der Waals surface area contributed by atoms with E-state index in [0.29, 0.717) is 0 Å². The van der Waals surface area contributed by atoms with E-state index in [2.05, 4.69) is 20.8 Å². The molecule has 0 aliphatic heterocycles. The molecule has 17 heavy (non-hydrogen) atoms. The number of ether oxygens (including phenoxy) is 3. The zero-order valence-electron chi connectivity index (χ0n) is 11.6. The Hall–Kier alpha value is -1.38. The van der Waals surface area contributed by atoms with Gasteiger partial charge in [0.2, 0.25) is 0 Å². The second-order valence-corrected chi connectivity index (χ2v) is 5.22. The molecule has 0 heterocycles. The molecule has 1 rings (SSSR count). The van der Waals surface area contributed by atoms with Crippen LogP contribution in [0.25, 0.3) is 0 Å². The van der Waals surface area contributed by atoms with Crippen molar-refractivity contribution in [3.63, 3.8) is 0 Å². The molecule has 0 atom stereocenters. The van der Waals surface area contributed by atoms with Gasteiger partial charge in [0.05, 0.1) is 21.3 Å². The van der Waals surface area contributed by atoms with Crippen molar-refractivity contribution < 1.29 is 14.2 Å². The highest BCUT2D eigenvalue weighted by molar-refractivity contribution is 5.54. The van der Waals surface area contributed by atoms with Crippen molar-refractivity contribution >= 4 is 0 Å². The lowest BCUT2D eigenvalue weighted by Crippen LogP contribution is -2.11. The Morgan fingerprint density at radius 3 is 1.82 bits per heavy atom. The van der Waals surface area contributed by atoms with Gasteiger partial charge in [0.25, 0.3) is 0 Å². The van der Waals surface area contributed by atoms with E-state index in [-0.39, 0.29) is 5.41 Å². The molecule has 0 unspecified atom stereocenters. The zero-order chi connectivity index (χ0) is 13.1. The first-order valence-corrected chi connectivity index (χ1v) is 5.70. The summed E-state index contributed by atoms with van der Waals surface area (Å²) in [6.07, 6.45) is 0.872. The molecule has 0 aliphatic rings. The maximum absolute atomic E-state index is 5.45. The van der Waals surface area contributed by atoms with E-state index < -0.39 is 0 Å². The summed E-state index contributed by atoms with van der Waals surface area (Å²) in [5, 5.41) is 0. The number of methoxy groups -OCH3 is 3. The minimum atomic E-state index is 0.160. The van der Waals surface area contributed by atoms with E-state index in [1.54, 1.807) is 21.3 Å². The fourth-order valence-corrected chi connectivity index (χ4v) is 1.86. The summed E-state index contributed by atoms with van der Waals surface area (Å²) < 4.78 is 16.2. The Morgan fingerprint density at radius 1 is 0.882 bits per heavy atom. The van der Waals surface area contributed by atoms with Crippen LogP contribution in [0.15, 0.2) is 12.1 Å². The Morgan fingerprint density at radius 2 is 1.41 bits per heavy atom. The first-order chi connectivity index (χ1) is 7.92. The smallest absolute Gasteiger partial charge is 0.167 e. The third-order valence-corrected chi connectivity index (χ3v) is 2.53. The van der Waals surface area contributed by atoms with E-state index in [0.717, 1.165) is 29.2 Å². The van der Waals surface area contributed by atoms with Gasteiger partial charge >= 0.3 is 0 Å². The number of benzene rings is 1. The number of rotatable bonds is 4. The molecule has 96 valence electrons. The molecule has 3 nitrogen and oxygen atoms in total. The van der Waals surface area contributed by atoms with Gasteiger partial charge in [-0.1, -0.05) is 20.8 Å². The molecule has 1 aromatic carbocycles. The van der Waals surface area contributed by atoms with Crippen molar-refractivity contribution in [1.82, 2.24) is 0 Å². The highest BCUT2D eigenvalue weighted by Gasteiger charge is 2.21. The lowest BCUT2D eigenvalue weighted by Gasteiger charge is -2.23. The molecule has 0 fully saturated rings. The fourth-order valence-electron chi connectivity index (χ4n) is 1.86. The van der Waals surface area contributed by atoms with Crippen LogP contribution in [0.1, 0.15) is 26.3 Å². The third-order valence-electron chi connectivity index (χ3n) is 2.53. The average Bonchev–Trinajstić information content (AvgIpc) is 2.26. The molecule has 1 aromatic rings.